The Morgan fingerprint density at radius 2 is 2.13 bits per heavy atom. The lowest BCUT2D eigenvalue weighted by atomic mass is 10.0. The first-order valence-electron chi connectivity index (χ1n) is 4.93. The van der Waals surface area contributed by atoms with Gasteiger partial charge >= 0.3 is 5.97 Å². The predicted octanol–water partition coefficient (Wildman–Crippen LogP) is 3.27. The van der Waals surface area contributed by atoms with Gasteiger partial charge in [0.25, 0.3) is 0 Å². The monoisotopic (exact) mass is 268 g/mol. The molecule has 3 heteroatoms. The Morgan fingerprint density at radius 3 is 2.60 bits per heavy atom. The van der Waals surface area contributed by atoms with Crippen LogP contribution in [0.15, 0.2) is 28.7 Å². The van der Waals surface area contributed by atoms with Crippen LogP contribution in [0, 0.1) is 11.3 Å². The van der Waals surface area contributed by atoms with Crippen molar-refractivity contribution >= 4 is 21.9 Å². The summed E-state index contributed by atoms with van der Waals surface area (Å²) in [6, 6.07) is 7.91. The van der Waals surface area contributed by atoms with Crippen LogP contribution in [0.5, 0.6) is 0 Å². The smallest absolute Gasteiger partial charge is 0.307 e. The van der Waals surface area contributed by atoms with Gasteiger partial charge in [0.05, 0.1) is 5.92 Å². The standard InChI is InChI=1S/C12H13BrO2/c1-12(2)9(10(12)11(14)15)7-4-3-5-8(13)6-7/h3-6,9-10H,1-2H3,(H,14,15)/t9?,10-/m0/s1. The first-order valence-corrected chi connectivity index (χ1v) is 5.72. The highest BCUT2D eigenvalue weighted by atomic mass is 79.9. The van der Waals surface area contributed by atoms with Crippen LogP contribution in [0.1, 0.15) is 25.3 Å². The molecule has 80 valence electrons. The zero-order chi connectivity index (χ0) is 11.2. The van der Waals surface area contributed by atoms with E-state index in [0.717, 1.165) is 10.0 Å². The van der Waals surface area contributed by atoms with Gasteiger partial charge in [-0.05, 0) is 23.1 Å². The third-order valence-corrected chi connectivity index (χ3v) is 3.79. The third-order valence-electron chi connectivity index (χ3n) is 3.30. The first kappa shape index (κ1) is 10.7. The molecule has 1 aromatic carbocycles. The van der Waals surface area contributed by atoms with Crippen molar-refractivity contribution in [2.45, 2.75) is 19.8 Å². The summed E-state index contributed by atoms with van der Waals surface area (Å²) in [6.07, 6.45) is 0. The van der Waals surface area contributed by atoms with Crippen molar-refractivity contribution in [1.29, 1.82) is 0 Å². The lowest BCUT2D eigenvalue weighted by Crippen LogP contribution is -2.03. The van der Waals surface area contributed by atoms with Crippen molar-refractivity contribution in [1.82, 2.24) is 0 Å². The average Bonchev–Trinajstić information content (AvgIpc) is 2.69. The van der Waals surface area contributed by atoms with Gasteiger partial charge in [-0.15, -0.1) is 0 Å². The molecule has 15 heavy (non-hydrogen) atoms. The number of carboxylic acids is 1. The molecule has 1 fully saturated rings. The Kier molecular flexibility index (Phi) is 2.38. The zero-order valence-corrected chi connectivity index (χ0v) is 10.3. The van der Waals surface area contributed by atoms with E-state index in [4.69, 9.17) is 5.11 Å². The van der Waals surface area contributed by atoms with E-state index in [-0.39, 0.29) is 17.3 Å². The number of benzene rings is 1. The average molecular weight is 269 g/mol. The van der Waals surface area contributed by atoms with E-state index < -0.39 is 5.97 Å². The molecule has 1 unspecified atom stereocenters. The number of carbonyl (C=O) groups is 1. The van der Waals surface area contributed by atoms with Gasteiger partial charge in [0.15, 0.2) is 0 Å². The molecule has 1 N–H and O–H groups in total. The van der Waals surface area contributed by atoms with Crippen molar-refractivity contribution in [3.63, 3.8) is 0 Å². The minimum absolute atomic E-state index is 0.118. The van der Waals surface area contributed by atoms with Crippen molar-refractivity contribution < 1.29 is 9.90 Å². The number of rotatable bonds is 2. The molecule has 0 aliphatic heterocycles. The first-order chi connectivity index (χ1) is 6.94. The Hall–Kier alpha value is -0.830. The van der Waals surface area contributed by atoms with Gasteiger partial charge in [-0.3, -0.25) is 4.79 Å². The molecule has 0 heterocycles. The SMILES string of the molecule is CC1(C)C(c2cccc(Br)c2)[C@H]1C(=O)O. The fraction of sp³-hybridized carbons (Fsp3) is 0.417. The second kappa shape index (κ2) is 3.34. The molecule has 0 radical (unpaired) electrons. The Labute approximate surface area is 97.4 Å². The summed E-state index contributed by atoms with van der Waals surface area (Å²) < 4.78 is 1.01. The molecular weight excluding hydrogens is 256 g/mol. The van der Waals surface area contributed by atoms with Gasteiger partial charge in [-0.25, -0.2) is 0 Å². The Balaban J connectivity index is 2.31. The summed E-state index contributed by atoms with van der Waals surface area (Å²) >= 11 is 3.41. The molecule has 2 atom stereocenters. The van der Waals surface area contributed by atoms with E-state index in [1.165, 1.54) is 0 Å². The molecule has 1 aliphatic rings. The van der Waals surface area contributed by atoms with Crippen LogP contribution in [0.4, 0.5) is 0 Å². The minimum Gasteiger partial charge on any atom is -0.481 e. The Bertz CT molecular complexity index is 412. The van der Waals surface area contributed by atoms with Crippen LogP contribution in [0.2, 0.25) is 0 Å². The molecule has 0 saturated heterocycles. The minimum atomic E-state index is -0.690. The molecule has 2 nitrogen and oxygen atoms in total. The van der Waals surface area contributed by atoms with Gasteiger partial charge in [0.2, 0.25) is 0 Å². The fourth-order valence-corrected chi connectivity index (χ4v) is 2.84. The number of hydrogen-bond acceptors (Lipinski definition) is 1. The van der Waals surface area contributed by atoms with Crippen LogP contribution in [-0.2, 0) is 4.79 Å². The van der Waals surface area contributed by atoms with Crippen molar-refractivity contribution in [2.24, 2.45) is 11.3 Å². The maximum atomic E-state index is 11.0. The normalized spacial score (nSPS) is 27.4. The highest BCUT2D eigenvalue weighted by molar-refractivity contribution is 9.10. The maximum Gasteiger partial charge on any atom is 0.307 e. The predicted molar refractivity (Wildman–Crippen MR) is 61.8 cm³/mol. The van der Waals surface area contributed by atoms with E-state index in [1.54, 1.807) is 0 Å². The fourth-order valence-electron chi connectivity index (χ4n) is 2.42. The second-order valence-electron chi connectivity index (χ2n) is 4.67. The maximum absolute atomic E-state index is 11.0. The third kappa shape index (κ3) is 1.69. The van der Waals surface area contributed by atoms with Crippen LogP contribution >= 0.6 is 15.9 Å². The molecule has 0 amide bonds. The van der Waals surface area contributed by atoms with E-state index in [0.29, 0.717) is 0 Å². The highest BCUT2D eigenvalue weighted by Gasteiger charge is 2.62. The summed E-state index contributed by atoms with van der Waals surface area (Å²) in [5.41, 5.74) is 0.994. The van der Waals surface area contributed by atoms with Gasteiger partial charge in [0, 0.05) is 10.4 Å². The summed E-state index contributed by atoms with van der Waals surface area (Å²) in [4.78, 5) is 11.0. The van der Waals surface area contributed by atoms with E-state index in [1.807, 2.05) is 38.1 Å². The summed E-state index contributed by atoms with van der Waals surface area (Å²) in [7, 11) is 0. The lowest BCUT2D eigenvalue weighted by molar-refractivity contribution is -0.139. The van der Waals surface area contributed by atoms with Crippen molar-refractivity contribution in [3.05, 3.63) is 34.3 Å². The summed E-state index contributed by atoms with van der Waals surface area (Å²) in [5.74, 6) is -0.788. The van der Waals surface area contributed by atoms with Gasteiger partial charge in [-0.1, -0.05) is 41.9 Å². The van der Waals surface area contributed by atoms with Crippen molar-refractivity contribution in [3.8, 4) is 0 Å². The zero-order valence-electron chi connectivity index (χ0n) is 8.70. The summed E-state index contributed by atoms with van der Waals surface area (Å²) in [6.45, 7) is 4.02. The molecule has 1 saturated carbocycles. The van der Waals surface area contributed by atoms with Gasteiger partial charge < -0.3 is 5.11 Å². The Morgan fingerprint density at radius 1 is 1.47 bits per heavy atom. The number of aliphatic carboxylic acids is 1. The second-order valence-corrected chi connectivity index (χ2v) is 5.59. The highest BCUT2D eigenvalue weighted by Crippen LogP contribution is 2.64. The van der Waals surface area contributed by atoms with Gasteiger partial charge in [0.1, 0.15) is 0 Å². The lowest BCUT2D eigenvalue weighted by Gasteiger charge is -2.02. The number of carboxylic acid groups (broad SMARTS) is 1. The molecular formula is C12H13BrO2. The van der Waals surface area contributed by atoms with E-state index in [2.05, 4.69) is 15.9 Å². The largest absolute Gasteiger partial charge is 0.481 e. The van der Waals surface area contributed by atoms with Crippen LogP contribution in [-0.4, -0.2) is 11.1 Å². The summed E-state index contributed by atoms with van der Waals surface area (Å²) in [5, 5.41) is 9.08. The van der Waals surface area contributed by atoms with Crippen LogP contribution in [0.25, 0.3) is 0 Å². The molecule has 0 aromatic heterocycles. The van der Waals surface area contributed by atoms with Crippen LogP contribution < -0.4 is 0 Å². The number of hydrogen-bond donors (Lipinski definition) is 1. The number of halogens is 1. The van der Waals surface area contributed by atoms with E-state index in [9.17, 15) is 4.79 Å². The molecule has 0 spiro atoms. The molecule has 0 bridgehead atoms. The quantitative estimate of drug-likeness (QED) is 0.894. The van der Waals surface area contributed by atoms with Gasteiger partial charge in [-0.2, -0.15) is 0 Å². The molecule has 1 aliphatic carbocycles. The topological polar surface area (TPSA) is 37.3 Å². The van der Waals surface area contributed by atoms with Crippen LogP contribution in [0.3, 0.4) is 0 Å². The molecule has 2 rings (SSSR count). The van der Waals surface area contributed by atoms with E-state index >= 15 is 0 Å². The molecule has 1 aromatic rings. The van der Waals surface area contributed by atoms with Crippen molar-refractivity contribution in [2.75, 3.05) is 0 Å².